The molecule has 0 atom stereocenters. The second-order valence-electron chi connectivity index (χ2n) is 9.31. The zero-order valence-electron chi connectivity index (χ0n) is 19.6. The van der Waals surface area contributed by atoms with Crippen molar-refractivity contribution in [2.75, 3.05) is 12.8 Å². The summed E-state index contributed by atoms with van der Waals surface area (Å²) < 4.78 is 7.54. The molecule has 7 heteroatoms. The number of nitrogens with two attached hydrogens (primary N) is 1. The van der Waals surface area contributed by atoms with Crippen LogP contribution in [-0.2, 0) is 7.05 Å². The molecule has 0 saturated carbocycles. The minimum Gasteiger partial charge on any atom is -0.496 e. The minimum absolute atomic E-state index is 0.732. The van der Waals surface area contributed by atoms with Gasteiger partial charge in [-0.3, -0.25) is 4.68 Å². The molecule has 4 rings (SSSR count). The predicted molar refractivity (Wildman–Crippen MR) is 132 cm³/mol. The molecule has 0 unspecified atom stereocenters. The molecule has 0 bridgehead atoms. The lowest BCUT2D eigenvalue weighted by atomic mass is 9.96. The van der Waals surface area contributed by atoms with Gasteiger partial charge >= 0.3 is 0 Å². The largest absolute Gasteiger partial charge is 0.496 e. The average Bonchev–Trinajstić information content (AvgIpc) is 3.26. The Balaban J connectivity index is 2.11. The van der Waals surface area contributed by atoms with Gasteiger partial charge in [-0.05, 0) is 44.0 Å². The summed E-state index contributed by atoms with van der Waals surface area (Å²) in [7, 11) is 1.93. The van der Waals surface area contributed by atoms with Crippen LogP contribution in [0.3, 0.4) is 0 Å². The van der Waals surface area contributed by atoms with Crippen LogP contribution in [0.1, 0.15) is 16.8 Å². The number of methoxy groups -OCH3 is 1. The number of hydrogen-bond acceptors (Lipinski definition) is 4. The minimum atomic E-state index is -1.72. The van der Waals surface area contributed by atoms with Gasteiger partial charge < -0.3 is 15.5 Å². The lowest BCUT2D eigenvalue weighted by Crippen LogP contribution is -2.39. The van der Waals surface area contributed by atoms with Crippen molar-refractivity contribution in [3.05, 3.63) is 41.3 Å². The van der Waals surface area contributed by atoms with Crippen molar-refractivity contribution in [2.24, 2.45) is 7.05 Å². The Labute approximate surface area is 184 Å². The summed E-state index contributed by atoms with van der Waals surface area (Å²) in [6, 6.07) is 4.16. The molecule has 0 amide bonds. The third-order valence-corrected chi connectivity index (χ3v) is 8.14. The van der Waals surface area contributed by atoms with Crippen LogP contribution in [0.5, 0.6) is 5.75 Å². The monoisotopic (exact) mass is 433 g/mol. The first-order valence-electron chi connectivity index (χ1n) is 10.5. The number of nitrogens with zero attached hydrogens (tertiary/aromatic N) is 3. The number of aryl methyl sites for hydroxylation is 2. The molecule has 4 aromatic rings. The van der Waals surface area contributed by atoms with Crippen LogP contribution in [-0.4, -0.2) is 34.9 Å². The number of hydrogen-bond donors (Lipinski definition) is 2. The SMILES string of the molecule is COc1cc(-c2c([Si](C)(C)C)[nH]c3ncc(-c4cnn(C)c4C)c(C)c23)cc(N)c1C. The number of fused-ring (bicyclic) bond motifs is 1. The Bertz CT molecular complexity index is 1310. The van der Waals surface area contributed by atoms with Crippen molar-refractivity contribution in [3.63, 3.8) is 0 Å². The number of benzene rings is 1. The smallest absolute Gasteiger partial charge is 0.138 e. The molecule has 1 aromatic carbocycles. The highest BCUT2D eigenvalue weighted by molar-refractivity contribution is 6.89. The Morgan fingerprint density at radius 2 is 1.74 bits per heavy atom. The highest BCUT2D eigenvalue weighted by Gasteiger charge is 2.28. The Morgan fingerprint density at radius 3 is 2.32 bits per heavy atom. The van der Waals surface area contributed by atoms with Crippen LogP contribution in [0, 0.1) is 20.8 Å². The van der Waals surface area contributed by atoms with Crippen LogP contribution in [0.15, 0.2) is 24.5 Å². The first-order valence-corrected chi connectivity index (χ1v) is 14.0. The molecular formula is C24H31N5OSi. The van der Waals surface area contributed by atoms with Crippen LogP contribution in [0.2, 0.25) is 19.6 Å². The summed E-state index contributed by atoms with van der Waals surface area (Å²) >= 11 is 0. The highest BCUT2D eigenvalue weighted by atomic mass is 28.3. The lowest BCUT2D eigenvalue weighted by molar-refractivity contribution is 0.412. The molecular weight excluding hydrogens is 402 g/mol. The number of H-pyrrole nitrogens is 1. The van der Waals surface area contributed by atoms with E-state index in [4.69, 9.17) is 15.5 Å². The fraction of sp³-hybridized carbons (Fsp3) is 0.333. The molecule has 0 aliphatic heterocycles. The number of rotatable bonds is 4. The first kappa shape index (κ1) is 21.2. The van der Waals surface area contributed by atoms with Gasteiger partial charge in [0.1, 0.15) is 11.4 Å². The molecule has 0 fully saturated rings. The Morgan fingerprint density at radius 1 is 1.03 bits per heavy atom. The Hall–Kier alpha value is -3.06. The van der Waals surface area contributed by atoms with Crippen molar-refractivity contribution >= 4 is 30.1 Å². The molecule has 0 saturated heterocycles. The van der Waals surface area contributed by atoms with E-state index in [-0.39, 0.29) is 0 Å². The summed E-state index contributed by atoms with van der Waals surface area (Å²) in [5.41, 5.74) is 15.8. The van der Waals surface area contributed by atoms with Crippen molar-refractivity contribution in [1.29, 1.82) is 0 Å². The lowest BCUT2D eigenvalue weighted by Gasteiger charge is -2.19. The molecule has 31 heavy (non-hydrogen) atoms. The Kier molecular flexibility index (Phi) is 4.96. The maximum absolute atomic E-state index is 6.38. The zero-order chi connectivity index (χ0) is 22.7. The van der Waals surface area contributed by atoms with Crippen LogP contribution >= 0.6 is 0 Å². The van der Waals surface area contributed by atoms with E-state index in [9.17, 15) is 0 Å². The van der Waals surface area contributed by atoms with Crippen molar-refractivity contribution < 1.29 is 4.74 Å². The quantitative estimate of drug-likeness (QED) is 0.361. The van der Waals surface area contributed by atoms with E-state index in [1.165, 1.54) is 16.4 Å². The third kappa shape index (κ3) is 3.33. The normalized spacial score (nSPS) is 12.0. The van der Waals surface area contributed by atoms with E-state index in [0.29, 0.717) is 0 Å². The van der Waals surface area contributed by atoms with Gasteiger partial charge in [0.2, 0.25) is 0 Å². The van der Waals surface area contributed by atoms with E-state index < -0.39 is 8.07 Å². The molecule has 162 valence electrons. The maximum atomic E-state index is 6.38. The van der Waals surface area contributed by atoms with Gasteiger partial charge in [0.25, 0.3) is 0 Å². The van der Waals surface area contributed by atoms with Gasteiger partial charge in [-0.2, -0.15) is 5.10 Å². The number of anilines is 1. The van der Waals surface area contributed by atoms with Gasteiger partial charge in [0.05, 0.1) is 21.4 Å². The van der Waals surface area contributed by atoms with Crippen molar-refractivity contribution in [3.8, 4) is 28.0 Å². The summed E-state index contributed by atoms with van der Waals surface area (Å²) in [5.74, 6) is 0.802. The van der Waals surface area contributed by atoms with Crippen molar-refractivity contribution in [1.82, 2.24) is 19.7 Å². The topological polar surface area (TPSA) is 81.8 Å². The van der Waals surface area contributed by atoms with E-state index in [2.05, 4.69) is 55.7 Å². The fourth-order valence-corrected chi connectivity index (χ4v) is 5.77. The summed E-state index contributed by atoms with van der Waals surface area (Å²) in [5, 5.41) is 6.85. The molecule has 3 heterocycles. The average molecular weight is 434 g/mol. The van der Waals surface area contributed by atoms with Gasteiger partial charge in [-0.15, -0.1) is 0 Å². The molecule has 6 nitrogen and oxygen atoms in total. The third-order valence-electron chi connectivity index (χ3n) is 6.27. The second-order valence-corrected chi connectivity index (χ2v) is 14.3. The molecule has 3 N–H and O–H groups in total. The van der Waals surface area contributed by atoms with Gasteiger partial charge in [-0.1, -0.05) is 19.6 Å². The number of aromatic nitrogens is 4. The van der Waals surface area contributed by atoms with Gasteiger partial charge in [0, 0.05) is 57.6 Å². The van der Waals surface area contributed by atoms with Crippen LogP contribution < -0.4 is 15.8 Å². The van der Waals surface area contributed by atoms with Crippen LogP contribution in [0.25, 0.3) is 33.3 Å². The maximum Gasteiger partial charge on any atom is 0.138 e. The predicted octanol–water partition coefficient (Wildman–Crippen LogP) is 4.69. The molecule has 0 aliphatic carbocycles. The second kappa shape index (κ2) is 7.27. The first-order chi connectivity index (χ1) is 14.5. The van der Waals surface area contributed by atoms with E-state index in [0.717, 1.165) is 50.4 Å². The van der Waals surface area contributed by atoms with Crippen molar-refractivity contribution in [2.45, 2.75) is 40.4 Å². The van der Waals surface area contributed by atoms with Gasteiger partial charge in [-0.25, -0.2) is 4.98 Å². The standard InChI is InChI=1S/C24H31N5OSi/c1-13-17(18-12-27-29(4)15(18)3)11-26-23-21(13)22(24(28-23)31(6,7)8)16-9-19(25)14(2)20(10-16)30-5/h9-12H,25H2,1-8H3,(H,26,28). The molecule has 0 spiro atoms. The zero-order valence-corrected chi connectivity index (χ0v) is 20.6. The van der Waals surface area contributed by atoms with E-state index in [1.54, 1.807) is 7.11 Å². The summed E-state index contributed by atoms with van der Waals surface area (Å²) in [6.07, 6.45) is 3.88. The van der Waals surface area contributed by atoms with Gasteiger partial charge in [0.15, 0.2) is 0 Å². The van der Waals surface area contributed by atoms with E-state index in [1.807, 2.05) is 31.0 Å². The molecule has 0 aliphatic rings. The highest BCUT2D eigenvalue weighted by Crippen LogP contribution is 2.39. The number of aromatic amines is 1. The summed E-state index contributed by atoms with van der Waals surface area (Å²) in [4.78, 5) is 8.50. The summed E-state index contributed by atoms with van der Waals surface area (Å²) in [6.45, 7) is 13.3. The molecule has 0 radical (unpaired) electrons. The number of nitrogen functional groups attached to an aromatic ring is 1. The number of nitrogens with one attached hydrogen (secondary N) is 1. The van der Waals surface area contributed by atoms with Crippen LogP contribution in [0.4, 0.5) is 5.69 Å². The van der Waals surface area contributed by atoms with E-state index >= 15 is 0 Å². The fourth-order valence-electron chi connectivity index (χ4n) is 4.26. The molecule has 3 aromatic heterocycles. The number of ether oxygens (including phenoxy) is 1. The number of pyridine rings is 1.